The number of carbonyl (C=O) groups is 3. The molecule has 2 aromatic rings. The highest BCUT2D eigenvalue weighted by atomic mass is 16.6. The van der Waals surface area contributed by atoms with Gasteiger partial charge in [-0.25, -0.2) is 14.5 Å². The van der Waals surface area contributed by atoms with E-state index in [2.05, 4.69) is 0 Å². The maximum Gasteiger partial charge on any atom is 0.416 e. The molecule has 0 aliphatic carbocycles. The molecule has 0 bridgehead atoms. The summed E-state index contributed by atoms with van der Waals surface area (Å²) in [4.78, 5) is 40.9. The van der Waals surface area contributed by atoms with Crippen LogP contribution in [0.15, 0.2) is 60.7 Å². The van der Waals surface area contributed by atoms with E-state index in [4.69, 9.17) is 18.9 Å². The quantitative estimate of drug-likeness (QED) is 0.344. The Balaban J connectivity index is 1.50. The molecule has 8 nitrogen and oxygen atoms in total. The van der Waals surface area contributed by atoms with Crippen molar-refractivity contribution < 1.29 is 33.3 Å². The molecule has 216 valence electrons. The Morgan fingerprint density at radius 1 is 1.02 bits per heavy atom. The second-order valence-electron chi connectivity index (χ2n) is 11.1. The van der Waals surface area contributed by atoms with Crippen LogP contribution in [0, 0.1) is 11.8 Å². The number of amides is 2. The number of cyclic esters (lactones) is 1. The number of imide groups is 1. The number of hydrogen-bond donors (Lipinski definition) is 0. The molecule has 0 spiro atoms. The fourth-order valence-corrected chi connectivity index (χ4v) is 5.79. The molecule has 2 saturated heterocycles. The van der Waals surface area contributed by atoms with Gasteiger partial charge < -0.3 is 18.9 Å². The molecule has 8 heteroatoms. The van der Waals surface area contributed by atoms with Gasteiger partial charge in [0.1, 0.15) is 12.7 Å². The van der Waals surface area contributed by atoms with E-state index in [0.29, 0.717) is 18.4 Å². The fraction of sp³-hybridized carbons (Fsp3) is 0.531. The molecule has 2 heterocycles. The first-order valence-corrected chi connectivity index (χ1v) is 14.2. The topological polar surface area (TPSA) is 91.4 Å². The van der Waals surface area contributed by atoms with Crippen molar-refractivity contribution in [1.29, 1.82) is 0 Å². The van der Waals surface area contributed by atoms with Crippen LogP contribution in [0.5, 0.6) is 0 Å². The van der Waals surface area contributed by atoms with Gasteiger partial charge >= 0.3 is 12.1 Å². The molecule has 0 N–H and O–H groups in total. The number of methoxy groups -OCH3 is 1. The smallest absolute Gasteiger partial charge is 0.416 e. The summed E-state index contributed by atoms with van der Waals surface area (Å²) in [6, 6.07) is 18.0. The lowest BCUT2D eigenvalue weighted by Gasteiger charge is -2.35. The fourth-order valence-electron chi connectivity index (χ4n) is 5.79. The molecule has 40 heavy (non-hydrogen) atoms. The zero-order valence-electron chi connectivity index (χ0n) is 23.9. The first-order valence-electron chi connectivity index (χ1n) is 14.2. The van der Waals surface area contributed by atoms with E-state index in [1.807, 2.05) is 50.2 Å². The Labute approximate surface area is 236 Å². The Morgan fingerprint density at radius 3 is 2.38 bits per heavy atom. The van der Waals surface area contributed by atoms with Crippen LogP contribution in [0.1, 0.15) is 62.4 Å². The summed E-state index contributed by atoms with van der Waals surface area (Å²) in [6.45, 7) is 5.89. The number of benzene rings is 2. The maximum atomic E-state index is 13.8. The molecule has 2 aromatic carbocycles. The van der Waals surface area contributed by atoms with Crippen LogP contribution in [0.3, 0.4) is 0 Å². The Kier molecular flexibility index (Phi) is 10.3. The number of carbonyl (C=O) groups excluding carboxylic acids is 3. The summed E-state index contributed by atoms with van der Waals surface area (Å²) in [5.41, 5.74) is 1.42. The normalized spacial score (nSPS) is 25.1. The van der Waals surface area contributed by atoms with Crippen LogP contribution in [-0.2, 0) is 30.2 Å². The Bertz CT molecular complexity index is 1120. The predicted molar refractivity (Wildman–Crippen MR) is 150 cm³/mol. The summed E-state index contributed by atoms with van der Waals surface area (Å²) in [7, 11) is 1.73. The van der Waals surface area contributed by atoms with E-state index in [1.54, 1.807) is 38.3 Å². The Morgan fingerprint density at radius 2 is 1.70 bits per heavy atom. The summed E-state index contributed by atoms with van der Waals surface area (Å²) in [6.07, 6.45) is 2.46. The molecule has 2 fully saturated rings. The van der Waals surface area contributed by atoms with Crippen LogP contribution < -0.4 is 0 Å². The molecule has 0 saturated carbocycles. The number of esters is 1. The zero-order chi connectivity index (χ0) is 28.6. The van der Waals surface area contributed by atoms with Gasteiger partial charge in [0.25, 0.3) is 0 Å². The summed E-state index contributed by atoms with van der Waals surface area (Å²) >= 11 is 0. The molecule has 2 aliphatic heterocycles. The maximum absolute atomic E-state index is 13.8. The van der Waals surface area contributed by atoms with E-state index >= 15 is 0 Å². The number of hydrogen-bond acceptors (Lipinski definition) is 7. The van der Waals surface area contributed by atoms with E-state index in [-0.39, 0.29) is 30.8 Å². The molecule has 0 radical (unpaired) electrons. The average Bonchev–Trinajstić information content (AvgIpc) is 3.33. The van der Waals surface area contributed by atoms with Crippen LogP contribution in [0.2, 0.25) is 0 Å². The average molecular weight is 552 g/mol. The van der Waals surface area contributed by atoms with Crippen molar-refractivity contribution in [2.45, 2.75) is 83.3 Å². The number of nitrogens with zero attached hydrogens (tertiary/aromatic N) is 1. The SMILES string of the molecule is CO[C@H]1C[C@H](CC[C@H](C)[C@H](OC(=O)c2ccccc2)[C@H](C)C(=O)N2C(=O)OC[C@@H]2Cc2ccccc2)O[C@@H](C)C1. The van der Waals surface area contributed by atoms with Gasteiger partial charge in [0, 0.05) is 7.11 Å². The number of rotatable bonds is 11. The van der Waals surface area contributed by atoms with E-state index < -0.39 is 36.0 Å². The van der Waals surface area contributed by atoms with Crippen LogP contribution in [0.4, 0.5) is 4.79 Å². The van der Waals surface area contributed by atoms with E-state index in [9.17, 15) is 14.4 Å². The lowest BCUT2D eigenvalue weighted by molar-refractivity contribution is -0.138. The second-order valence-corrected chi connectivity index (χ2v) is 11.1. The molecule has 4 rings (SSSR count). The van der Waals surface area contributed by atoms with Crippen molar-refractivity contribution in [2.24, 2.45) is 11.8 Å². The second kappa shape index (κ2) is 13.9. The van der Waals surface area contributed by atoms with Crippen molar-refractivity contribution >= 4 is 18.0 Å². The first kappa shape index (κ1) is 29.7. The standard InChI is InChI=1S/C32H41NO7/c1-21(15-16-27-19-28(37-4)17-22(2)39-27)29(40-31(35)25-13-9-6-10-14-25)23(3)30(34)33-26(20-38-32(33)36)18-24-11-7-5-8-12-24/h5-14,21-23,26-29H,15-20H2,1-4H3/t21-,22-,23-,26-,27-,28+,29-/m0/s1. The van der Waals surface area contributed by atoms with Gasteiger partial charge in [-0.1, -0.05) is 55.5 Å². The molecule has 7 atom stereocenters. The molecular weight excluding hydrogens is 510 g/mol. The van der Waals surface area contributed by atoms with Gasteiger partial charge in [0.05, 0.1) is 35.8 Å². The summed E-state index contributed by atoms with van der Waals surface area (Å²) in [5, 5.41) is 0. The van der Waals surface area contributed by atoms with Crippen LogP contribution in [0.25, 0.3) is 0 Å². The van der Waals surface area contributed by atoms with E-state index in [1.165, 1.54) is 4.90 Å². The third-order valence-electron chi connectivity index (χ3n) is 8.03. The predicted octanol–water partition coefficient (Wildman–Crippen LogP) is 5.44. The van der Waals surface area contributed by atoms with Crippen LogP contribution >= 0.6 is 0 Å². The van der Waals surface area contributed by atoms with Crippen molar-refractivity contribution in [3.8, 4) is 0 Å². The minimum absolute atomic E-state index is 0.0245. The highest BCUT2D eigenvalue weighted by Gasteiger charge is 2.43. The highest BCUT2D eigenvalue weighted by Crippen LogP contribution is 2.31. The van der Waals surface area contributed by atoms with Gasteiger partial charge in [-0.3, -0.25) is 4.79 Å². The third kappa shape index (κ3) is 7.49. The van der Waals surface area contributed by atoms with Crippen molar-refractivity contribution in [3.63, 3.8) is 0 Å². The van der Waals surface area contributed by atoms with Gasteiger partial charge in [0.2, 0.25) is 5.91 Å². The molecular formula is C32H41NO7. The van der Waals surface area contributed by atoms with Crippen molar-refractivity contribution in [3.05, 3.63) is 71.8 Å². The van der Waals surface area contributed by atoms with Gasteiger partial charge in [-0.15, -0.1) is 0 Å². The van der Waals surface area contributed by atoms with Crippen molar-refractivity contribution in [2.75, 3.05) is 13.7 Å². The minimum Gasteiger partial charge on any atom is -0.458 e. The van der Waals surface area contributed by atoms with Crippen LogP contribution in [-0.4, -0.2) is 67.0 Å². The monoisotopic (exact) mass is 551 g/mol. The summed E-state index contributed by atoms with van der Waals surface area (Å²) in [5.74, 6) is -1.82. The molecule has 2 amide bonds. The largest absolute Gasteiger partial charge is 0.458 e. The highest BCUT2D eigenvalue weighted by molar-refractivity contribution is 5.95. The molecule has 2 aliphatic rings. The lowest BCUT2D eigenvalue weighted by Crippen LogP contribution is -2.48. The minimum atomic E-state index is -0.760. The summed E-state index contributed by atoms with van der Waals surface area (Å²) < 4.78 is 23.1. The van der Waals surface area contributed by atoms with Crippen molar-refractivity contribution in [1.82, 2.24) is 4.90 Å². The van der Waals surface area contributed by atoms with Gasteiger partial charge in [-0.05, 0) is 69.6 Å². The number of ether oxygens (including phenoxy) is 4. The molecule has 0 aromatic heterocycles. The lowest BCUT2D eigenvalue weighted by atomic mass is 9.86. The Hall–Kier alpha value is -3.23. The first-order chi connectivity index (χ1) is 19.3. The van der Waals surface area contributed by atoms with Gasteiger partial charge in [0.15, 0.2) is 0 Å². The van der Waals surface area contributed by atoms with Gasteiger partial charge in [-0.2, -0.15) is 0 Å². The van der Waals surface area contributed by atoms with E-state index in [0.717, 1.165) is 24.8 Å². The zero-order valence-corrected chi connectivity index (χ0v) is 23.9. The third-order valence-corrected chi connectivity index (χ3v) is 8.03. The molecule has 0 unspecified atom stereocenters.